The number of ether oxygens (including phenoxy) is 1. The van der Waals surface area contributed by atoms with Crippen LogP contribution < -0.4 is 19.9 Å². The van der Waals surface area contributed by atoms with Gasteiger partial charge in [0.25, 0.3) is 0 Å². The number of aromatic nitrogens is 2. The molecule has 0 radical (unpaired) electrons. The van der Waals surface area contributed by atoms with E-state index >= 15 is 0 Å². The van der Waals surface area contributed by atoms with Gasteiger partial charge in [-0.15, -0.1) is 0 Å². The highest BCUT2D eigenvalue weighted by Gasteiger charge is 2.24. The van der Waals surface area contributed by atoms with Crippen molar-refractivity contribution >= 4 is 23.6 Å². The monoisotopic (exact) mass is 377 g/mol. The SMILES string of the molecule is COc1cccc(-c2[nH]nc(N3CCN(c4ccccc4)CC3)c2NC=O)c1. The van der Waals surface area contributed by atoms with E-state index in [1.807, 2.05) is 30.3 Å². The minimum absolute atomic E-state index is 0.691. The molecule has 7 heteroatoms. The Bertz CT molecular complexity index is 933. The van der Waals surface area contributed by atoms with Gasteiger partial charge >= 0.3 is 0 Å². The van der Waals surface area contributed by atoms with Gasteiger partial charge in [-0.2, -0.15) is 5.10 Å². The molecule has 28 heavy (non-hydrogen) atoms. The Kier molecular flexibility index (Phi) is 5.14. The number of para-hydroxylation sites is 1. The average molecular weight is 377 g/mol. The van der Waals surface area contributed by atoms with Gasteiger partial charge in [-0.3, -0.25) is 9.89 Å². The maximum atomic E-state index is 11.2. The lowest BCUT2D eigenvalue weighted by molar-refractivity contribution is -0.105. The van der Waals surface area contributed by atoms with E-state index in [0.717, 1.165) is 49.0 Å². The number of piperazine rings is 1. The molecule has 3 aromatic rings. The molecule has 1 aliphatic rings. The average Bonchev–Trinajstić information content (AvgIpc) is 3.18. The third kappa shape index (κ3) is 3.51. The maximum absolute atomic E-state index is 11.2. The van der Waals surface area contributed by atoms with E-state index in [1.165, 1.54) is 5.69 Å². The molecule has 0 bridgehead atoms. The molecule has 1 aliphatic heterocycles. The van der Waals surface area contributed by atoms with Gasteiger partial charge in [0.05, 0.1) is 12.8 Å². The molecule has 2 N–H and O–H groups in total. The fourth-order valence-corrected chi connectivity index (χ4v) is 3.56. The van der Waals surface area contributed by atoms with Crippen LogP contribution in [0.3, 0.4) is 0 Å². The van der Waals surface area contributed by atoms with Crippen molar-refractivity contribution in [2.45, 2.75) is 0 Å². The van der Waals surface area contributed by atoms with E-state index in [0.29, 0.717) is 12.1 Å². The van der Waals surface area contributed by atoms with Gasteiger partial charge in [0.1, 0.15) is 11.4 Å². The topological polar surface area (TPSA) is 73.5 Å². The van der Waals surface area contributed by atoms with Crippen LogP contribution in [0.5, 0.6) is 5.75 Å². The molecule has 1 aromatic heterocycles. The summed E-state index contributed by atoms with van der Waals surface area (Å²) in [5, 5.41) is 10.4. The molecule has 144 valence electrons. The van der Waals surface area contributed by atoms with Crippen molar-refractivity contribution in [2.24, 2.45) is 0 Å². The van der Waals surface area contributed by atoms with E-state index < -0.39 is 0 Å². The van der Waals surface area contributed by atoms with Crippen molar-refractivity contribution in [1.82, 2.24) is 10.2 Å². The Hall–Kier alpha value is -3.48. The quantitative estimate of drug-likeness (QED) is 0.646. The van der Waals surface area contributed by atoms with E-state index in [4.69, 9.17) is 4.74 Å². The summed E-state index contributed by atoms with van der Waals surface area (Å²) in [6, 6.07) is 18.1. The van der Waals surface area contributed by atoms with Crippen LogP contribution in [0, 0.1) is 0 Å². The van der Waals surface area contributed by atoms with Crippen molar-refractivity contribution in [1.29, 1.82) is 0 Å². The van der Waals surface area contributed by atoms with Crippen LogP contribution in [0.2, 0.25) is 0 Å². The lowest BCUT2D eigenvalue weighted by Crippen LogP contribution is -2.46. The number of carbonyl (C=O) groups is 1. The molecule has 1 saturated heterocycles. The number of anilines is 3. The fourth-order valence-electron chi connectivity index (χ4n) is 3.56. The highest BCUT2D eigenvalue weighted by Crippen LogP contribution is 2.35. The molecule has 2 heterocycles. The largest absolute Gasteiger partial charge is 0.497 e. The number of hydrogen-bond acceptors (Lipinski definition) is 5. The van der Waals surface area contributed by atoms with Crippen molar-refractivity contribution < 1.29 is 9.53 Å². The maximum Gasteiger partial charge on any atom is 0.211 e. The van der Waals surface area contributed by atoms with Crippen LogP contribution in [0.15, 0.2) is 54.6 Å². The molecule has 7 nitrogen and oxygen atoms in total. The summed E-state index contributed by atoms with van der Waals surface area (Å²) in [5.41, 5.74) is 3.60. The Morgan fingerprint density at radius 3 is 2.50 bits per heavy atom. The Labute approximate surface area is 163 Å². The molecule has 1 amide bonds. The Balaban J connectivity index is 1.57. The van der Waals surface area contributed by atoms with E-state index in [1.54, 1.807) is 7.11 Å². The number of nitrogens with zero attached hydrogens (tertiary/aromatic N) is 3. The number of H-pyrrole nitrogens is 1. The minimum Gasteiger partial charge on any atom is -0.497 e. The first-order chi connectivity index (χ1) is 13.8. The first-order valence-corrected chi connectivity index (χ1v) is 9.28. The number of aromatic amines is 1. The van der Waals surface area contributed by atoms with Crippen LogP contribution in [0.25, 0.3) is 11.3 Å². The highest BCUT2D eigenvalue weighted by molar-refractivity contribution is 5.90. The minimum atomic E-state index is 0.691. The van der Waals surface area contributed by atoms with E-state index in [-0.39, 0.29) is 0 Å². The van der Waals surface area contributed by atoms with Gasteiger partial charge < -0.3 is 19.9 Å². The van der Waals surface area contributed by atoms with Crippen molar-refractivity contribution in [3.8, 4) is 17.0 Å². The third-order valence-electron chi connectivity index (χ3n) is 5.01. The number of hydrogen-bond donors (Lipinski definition) is 2. The Morgan fingerprint density at radius 2 is 1.79 bits per heavy atom. The summed E-state index contributed by atoms with van der Waals surface area (Å²) >= 11 is 0. The van der Waals surface area contributed by atoms with Crippen molar-refractivity contribution in [3.63, 3.8) is 0 Å². The van der Waals surface area contributed by atoms with E-state index in [9.17, 15) is 4.79 Å². The van der Waals surface area contributed by atoms with Gasteiger partial charge in [-0.1, -0.05) is 30.3 Å². The second-order valence-electron chi connectivity index (χ2n) is 6.60. The molecular formula is C21H23N5O2. The summed E-state index contributed by atoms with van der Waals surface area (Å²) in [6.07, 6.45) is 0.693. The third-order valence-corrected chi connectivity index (χ3v) is 5.01. The molecule has 2 aromatic carbocycles. The summed E-state index contributed by atoms with van der Waals surface area (Å²) in [7, 11) is 1.63. The predicted molar refractivity (Wildman–Crippen MR) is 111 cm³/mol. The zero-order valence-corrected chi connectivity index (χ0v) is 15.8. The number of amides is 1. The first kappa shape index (κ1) is 17.9. The van der Waals surface area contributed by atoms with Gasteiger partial charge in [0.2, 0.25) is 6.41 Å². The molecule has 0 spiro atoms. The number of carbonyl (C=O) groups excluding carboxylic acids is 1. The number of rotatable bonds is 6. The van der Waals surface area contributed by atoms with Gasteiger partial charge in [-0.25, -0.2) is 0 Å². The number of benzene rings is 2. The zero-order valence-electron chi connectivity index (χ0n) is 15.8. The molecule has 0 saturated carbocycles. The second-order valence-corrected chi connectivity index (χ2v) is 6.60. The molecule has 0 aliphatic carbocycles. The lowest BCUT2D eigenvalue weighted by atomic mass is 10.1. The molecule has 4 rings (SSSR count). The van der Waals surface area contributed by atoms with Crippen LogP contribution in [-0.2, 0) is 4.79 Å². The molecule has 1 fully saturated rings. The normalized spacial score (nSPS) is 14.0. The van der Waals surface area contributed by atoms with Crippen LogP contribution in [0.4, 0.5) is 17.2 Å². The molecular weight excluding hydrogens is 354 g/mol. The van der Waals surface area contributed by atoms with Gasteiger partial charge in [-0.05, 0) is 24.3 Å². The summed E-state index contributed by atoms with van der Waals surface area (Å²) < 4.78 is 5.31. The van der Waals surface area contributed by atoms with Crippen LogP contribution in [0.1, 0.15) is 0 Å². The molecule has 0 atom stereocenters. The van der Waals surface area contributed by atoms with Crippen molar-refractivity contribution in [2.75, 3.05) is 48.4 Å². The summed E-state index contributed by atoms with van der Waals surface area (Å²) in [6.45, 7) is 3.44. The van der Waals surface area contributed by atoms with E-state index in [2.05, 4.69) is 49.6 Å². The van der Waals surface area contributed by atoms with Crippen LogP contribution >= 0.6 is 0 Å². The van der Waals surface area contributed by atoms with Crippen molar-refractivity contribution in [3.05, 3.63) is 54.6 Å². The second kappa shape index (κ2) is 8.04. The van der Waals surface area contributed by atoms with Crippen LogP contribution in [-0.4, -0.2) is 49.9 Å². The van der Waals surface area contributed by atoms with Gasteiger partial charge in [0.15, 0.2) is 5.82 Å². The standard InChI is InChI=1S/C21H23N5O2/c1-28-18-9-5-6-16(14-18)19-20(22-15-27)21(24-23-19)26-12-10-25(11-13-26)17-7-3-2-4-8-17/h2-9,14-15H,10-13H2,1H3,(H,22,27)(H,23,24). The molecule has 0 unspecified atom stereocenters. The lowest BCUT2D eigenvalue weighted by Gasteiger charge is -2.36. The fraction of sp³-hybridized carbons (Fsp3) is 0.238. The highest BCUT2D eigenvalue weighted by atomic mass is 16.5. The predicted octanol–water partition coefficient (Wildman–Crippen LogP) is 2.98. The number of methoxy groups -OCH3 is 1. The van der Waals surface area contributed by atoms with Gasteiger partial charge in [0, 0.05) is 37.4 Å². The number of nitrogens with one attached hydrogen (secondary N) is 2. The smallest absolute Gasteiger partial charge is 0.211 e. The first-order valence-electron chi connectivity index (χ1n) is 9.28. The summed E-state index contributed by atoms with van der Waals surface area (Å²) in [5.74, 6) is 1.51. The Morgan fingerprint density at radius 1 is 1.04 bits per heavy atom. The summed E-state index contributed by atoms with van der Waals surface area (Å²) in [4.78, 5) is 15.8. The zero-order chi connectivity index (χ0) is 19.3.